The van der Waals surface area contributed by atoms with Crippen LogP contribution in [0.25, 0.3) is 0 Å². The number of rotatable bonds is 3. The number of nitrogens with zero attached hydrogens (tertiary/aromatic N) is 1. The van der Waals surface area contributed by atoms with Gasteiger partial charge in [0.1, 0.15) is 4.90 Å². The van der Waals surface area contributed by atoms with Crippen LogP contribution < -0.4 is 0 Å². The zero-order valence-corrected chi connectivity index (χ0v) is 14.1. The number of aliphatic hydroxyl groups excluding tert-OH is 1. The smallest absolute Gasteiger partial charge is 0.246 e. The van der Waals surface area contributed by atoms with Gasteiger partial charge in [0.25, 0.3) is 0 Å². The van der Waals surface area contributed by atoms with Crippen LogP contribution in [0.5, 0.6) is 0 Å². The molecule has 1 aromatic carbocycles. The lowest BCUT2D eigenvalue weighted by molar-refractivity contribution is 0.0109. The molecule has 1 atom stereocenters. The molecule has 0 amide bonds. The molecule has 1 aliphatic heterocycles. The van der Waals surface area contributed by atoms with Crippen molar-refractivity contribution in [2.24, 2.45) is 0 Å². The van der Waals surface area contributed by atoms with Gasteiger partial charge in [0.15, 0.2) is 0 Å². The second-order valence-electron chi connectivity index (χ2n) is 4.23. The Labute approximate surface area is 135 Å². The Kier molecular flexibility index (Phi) is 5.34. The van der Waals surface area contributed by atoms with Crippen molar-refractivity contribution >= 4 is 49.2 Å². The van der Waals surface area contributed by atoms with Crippen molar-refractivity contribution in [3.05, 3.63) is 26.7 Å². The fourth-order valence-electron chi connectivity index (χ4n) is 1.99. The van der Waals surface area contributed by atoms with Crippen LogP contribution in [0.15, 0.2) is 21.5 Å². The molecule has 112 valence electrons. The van der Waals surface area contributed by atoms with Crippen LogP contribution in [0.4, 0.5) is 0 Å². The van der Waals surface area contributed by atoms with E-state index >= 15 is 0 Å². The molecule has 2 rings (SSSR count). The minimum absolute atomic E-state index is 0.0348. The second kappa shape index (κ2) is 6.48. The molecule has 0 aliphatic carbocycles. The minimum Gasteiger partial charge on any atom is -0.395 e. The van der Waals surface area contributed by atoms with E-state index in [0.717, 1.165) is 0 Å². The SMILES string of the molecule is O=S(=O)(c1c(Cl)cc(Br)cc1Cl)N1CCOCC1CO. The van der Waals surface area contributed by atoms with E-state index in [1.807, 2.05) is 0 Å². The lowest BCUT2D eigenvalue weighted by atomic mass is 10.3. The molecule has 0 saturated carbocycles. The number of ether oxygens (including phenoxy) is 1. The first-order chi connectivity index (χ1) is 9.37. The van der Waals surface area contributed by atoms with Gasteiger partial charge in [-0.3, -0.25) is 0 Å². The van der Waals surface area contributed by atoms with E-state index < -0.39 is 16.1 Å². The van der Waals surface area contributed by atoms with Gasteiger partial charge in [-0.2, -0.15) is 4.31 Å². The molecule has 1 saturated heterocycles. The highest BCUT2D eigenvalue weighted by atomic mass is 79.9. The van der Waals surface area contributed by atoms with Gasteiger partial charge in [0.2, 0.25) is 10.0 Å². The number of morpholine rings is 1. The van der Waals surface area contributed by atoms with Gasteiger partial charge in [0.05, 0.1) is 35.9 Å². The number of hydrogen-bond donors (Lipinski definition) is 1. The van der Waals surface area contributed by atoms with Crippen molar-refractivity contribution in [1.82, 2.24) is 4.31 Å². The molecule has 5 nitrogen and oxygen atoms in total. The van der Waals surface area contributed by atoms with E-state index in [4.69, 9.17) is 27.9 Å². The third-order valence-corrected chi connectivity index (χ3v) is 6.25. The van der Waals surface area contributed by atoms with Crippen molar-refractivity contribution in [2.75, 3.05) is 26.4 Å². The molecule has 1 fully saturated rings. The molecule has 0 radical (unpaired) electrons. The molecular formula is C11H12BrCl2NO4S. The Morgan fingerprint density at radius 2 is 2.00 bits per heavy atom. The Balaban J connectivity index is 2.49. The number of halogens is 3. The van der Waals surface area contributed by atoms with Gasteiger partial charge in [0, 0.05) is 11.0 Å². The van der Waals surface area contributed by atoms with E-state index in [1.165, 1.54) is 16.4 Å². The Morgan fingerprint density at radius 1 is 1.40 bits per heavy atom. The first kappa shape index (κ1) is 16.5. The topological polar surface area (TPSA) is 66.8 Å². The van der Waals surface area contributed by atoms with Gasteiger partial charge in [-0.15, -0.1) is 0 Å². The number of aliphatic hydroxyl groups is 1. The zero-order chi connectivity index (χ0) is 14.9. The quantitative estimate of drug-likeness (QED) is 0.837. The largest absolute Gasteiger partial charge is 0.395 e. The standard InChI is InChI=1S/C11H12BrCl2NO4S/c12-7-3-9(13)11(10(14)4-7)20(17,18)15-1-2-19-6-8(15)5-16/h3-4,8,16H,1-2,5-6H2. The van der Waals surface area contributed by atoms with Crippen molar-refractivity contribution in [2.45, 2.75) is 10.9 Å². The van der Waals surface area contributed by atoms with Crippen LogP contribution in [-0.4, -0.2) is 50.2 Å². The molecular weight excluding hydrogens is 393 g/mol. The molecule has 1 heterocycles. The van der Waals surface area contributed by atoms with Gasteiger partial charge in [-0.25, -0.2) is 8.42 Å². The van der Waals surface area contributed by atoms with E-state index in [9.17, 15) is 13.5 Å². The first-order valence-corrected chi connectivity index (χ1v) is 8.72. The van der Waals surface area contributed by atoms with Crippen LogP contribution >= 0.6 is 39.1 Å². The Hall–Kier alpha value is 0.110. The molecule has 0 bridgehead atoms. The molecule has 0 aromatic heterocycles. The maximum absolute atomic E-state index is 12.7. The average molecular weight is 405 g/mol. The van der Waals surface area contributed by atoms with Gasteiger partial charge >= 0.3 is 0 Å². The van der Waals surface area contributed by atoms with E-state index in [1.54, 1.807) is 0 Å². The van der Waals surface area contributed by atoms with Crippen molar-refractivity contribution in [3.63, 3.8) is 0 Å². The molecule has 1 N–H and O–H groups in total. The number of sulfonamides is 1. The number of hydrogen-bond acceptors (Lipinski definition) is 4. The summed E-state index contributed by atoms with van der Waals surface area (Å²) in [5.74, 6) is 0. The Morgan fingerprint density at radius 3 is 2.55 bits per heavy atom. The molecule has 1 aliphatic rings. The van der Waals surface area contributed by atoms with Gasteiger partial charge in [-0.05, 0) is 12.1 Å². The second-order valence-corrected chi connectivity index (χ2v) is 7.78. The fraction of sp³-hybridized carbons (Fsp3) is 0.455. The summed E-state index contributed by atoms with van der Waals surface area (Å²) < 4.78 is 32.3. The fourth-order valence-corrected chi connectivity index (χ4v) is 5.47. The summed E-state index contributed by atoms with van der Waals surface area (Å²) in [6.07, 6.45) is 0. The lowest BCUT2D eigenvalue weighted by Gasteiger charge is -2.33. The van der Waals surface area contributed by atoms with Crippen LogP contribution in [-0.2, 0) is 14.8 Å². The highest BCUT2D eigenvalue weighted by Crippen LogP contribution is 2.35. The van der Waals surface area contributed by atoms with Crippen LogP contribution in [0, 0.1) is 0 Å². The summed E-state index contributed by atoms with van der Waals surface area (Å²) in [5, 5.41) is 9.36. The summed E-state index contributed by atoms with van der Waals surface area (Å²) in [4.78, 5) is -0.149. The average Bonchev–Trinajstić information content (AvgIpc) is 2.37. The van der Waals surface area contributed by atoms with Crippen LogP contribution in [0.1, 0.15) is 0 Å². The summed E-state index contributed by atoms with van der Waals surface area (Å²) in [5.41, 5.74) is 0. The number of benzene rings is 1. The zero-order valence-electron chi connectivity index (χ0n) is 10.2. The maximum atomic E-state index is 12.7. The highest BCUT2D eigenvalue weighted by Gasteiger charge is 2.36. The Bertz CT molecular complexity index is 587. The summed E-state index contributed by atoms with van der Waals surface area (Å²) >= 11 is 15.2. The van der Waals surface area contributed by atoms with Crippen LogP contribution in [0.2, 0.25) is 10.0 Å². The van der Waals surface area contributed by atoms with Gasteiger partial charge in [-0.1, -0.05) is 39.1 Å². The molecule has 9 heteroatoms. The summed E-state index contributed by atoms with van der Waals surface area (Å²) in [6, 6.07) is 2.30. The summed E-state index contributed by atoms with van der Waals surface area (Å²) in [6.45, 7) is 0.226. The lowest BCUT2D eigenvalue weighted by Crippen LogP contribution is -2.50. The third-order valence-electron chi connectivity index (χ3n) is 2.91. The molecule has 1 aromatic rings. The predicted molar refractivity (Wildman–Crippen MR) is 79.7 cm³/mol. The van der Waals surface area contributed by atoms with E-state index in [0.29, 0.717) is 4.47 Å². The normalized spacial score (nSPS) is 21.1. The van der Waals surface area contributed by atoms with Crippen molar-refractivity contribution in [1.29, 1.82) is 0 Å². The third kappa shape index (κ3) is 3.14. The van der Waals surface area contributed by atoms with Crippen LogP contribution in [0.3, 0.4) is 0 Å². The predicted octanol–water partition coefficient (Wildman–Crippen LogP) is 2.14. The highest BCUT2D eigenvalue weighted by molar-refractivity contribution is 9.10. The molecule has 1 unspecified atom stereocenters. The molecule has 20 heavy (non-hydrogen) atoms. The summed E-state index contributed by atoms with van der Waals surface area (Å²) in [7, 11) is -3.89. The molecule has 0 spiro atoms. The van der Waals surface area contributed by atoms with Crippen molar-refractivity contribution < 1.29 is 18.3 Å². The first-order valence-electron chi connectivity index (χ1n) is 5.73. The van der Waals surface area contributed by atoms with Crippen molar-refractivity contribution in [3.8, 4) is 0 Å². The van der Waals surface area contributed by atoms with E-state index in [2.05, 4.69) is 15.9 Å². The van der Waals surface area contributed by atoms with Gasteiger partial charge < -0.3 is 9.84 Å². The van der Waals surface area contributed by atoms with E-state index in [-0.39, 0.29) is 41.3 Å². The maximum Gasteiger partial charge on any atom is 0.246 e. The minimum atomic E-state index is -3.89. The monoisotopic (exact) mass is 403 g/mol.